The van der Waals surface area contributed by atoms with Crippen LogP contribution in [0.2, 0.25) is 0 Å². The normalized spacial score (nSPS) is 15.1. The second kappa shape index (κ2) is 24.4. The molecule has 0 saturated carbocycles. The molecule has 2 aliphatic rings. The molecule has 0 radical (unpaired) electrons. The van der Waals surface area contributed by atoms with Gasteiger partial charge in [-0.25, -0.2) is 4.79 Å². The molecule has 0 aromatic heterocycles. The minimum Gasteiger partial charge on any atom is -0.489 e. The van der Waals surface area contributed by atoms with E-state index in [0.29, 0.717) is 45.6 Å². The van der Waals surface area contributed by atoms with E-state index in [0.717, 1.165) is 27.8 Å². The van der Waals surface area contributed by atoms with E-state index >= 15 is 0 Å². The van der Waals surface area contributed by atoms with Crippen LogP contribution in [-0.2, 0) is 53.7 Å². The predicted octanol–water partition coefficient (Wildman–Crippen LogP) is 12.9. The molecule has 0 N–H and O–H groups in total. The molecule has 13 nitrogen and oxygen atoms in total. The lowest BCUT2D eigenvalue weighted by atomic mass is 9.93. The molecule has 0 amide bonds. The van der Waals surface area contributed by atoms with E-state index in [1.165, 1.54) is 12.1 Å². The van der Waals surface area contributed by atoms with Crippen molar-refractivity contribution in [2.24, 2.45) is 0 Å². The molecule has 2 heterocycles. The largest absolute Gasteiger partial charge is 0.489 e. The smallest absolute Gasteiger partial charge is 0.361 e. The summed E-state index contributed by atoms with van der Waals surface area (Å²) in [7, 11) is 0. The van der Waals surface area contributed by atoms with E-state index < -0.39 is 30.6 Å². The standard InChI is InChI=1S/C63H56O13/c1-3-58(64)72-55-32-48(33-56-61(55)76-63(75-56)66-4-2)62(65)74-57-36-50-51(68-38-43-22-12-6-13-23-43)34-49(67-37-42-20-10-5-11-21-42)35-52(50)73-59(57)47-30-53(69-39-44-24-14-7-15-25-44)60(71-41-46-28-18-9-19-29-46)54(31-47)70-40-45-26-16-8-17-27-45/h5-35,57,59,63H,3-4,36-41H2,1-2H3/t57-,59-,63?/m1/s1. The van der Waals surface area contributed by atoms with Crippen molar-refractivity contribution in [1.29, 1.82) is 0 Å². The summed E-state index contributed by atoms with van der Waals surface area (Å²) < 4.78 is 70.0. The van der Waals surface area contributed by atoms with Gasteiger partial charge in [-0.05, 0) is 59.0 Å². The van der Waals surface area contributed by atoms with Crippen LogP contribution in [0.1, 0.15) is 75.7 Å². The van der Waals surface area contributed by atoms with Gasteiger partial charge in [0.2, 0.25) is 11.5 Å². The van der Waals surface area contributed by atoms with Gasteiger partial charge in [0.25, 0.3) is 0 Å². The molecular weight excluding hydrogens is 965 g/mol. The van der Waals surface area contributed by atoms with E-state index in [1.54, 1.807) is 13.8 Å². The molecule has 2 aliphatic heterocycles. The van der Waals surface area contributed by atoms with Crippen molar-refractivity contribution >= 4 is 11.9 Å². The molecule has 8 aromatic carbocycles. The Hall–Kier alpha value is -8.94. The maximum atomic E-state index is 14.8. The lowest BCUT2D eigenvalue weighted by Crippen LogP contribution is -2.35. The molecule has 0 saturated heterocycles. The van der Waals surface area contributed by atoms with Gasteiger partial charge in [0, 0.05) is 36.1 Å². The average molecular weight is 1020 g/mol. The van der Waals surface area contributed by atoms with Crippen LogP contribution in [0.25, 0.3) is 0 Å². The maximum absolute atomic E-state index is 14.8. The highest BCUT2D eigenvalue weighted by molar-refractivity contribution is 5.92. The molecular formula is C63H56O13. The Labute approximate surface area is 441 Å². The quantitative estimate of drug-likeness (QED) is 0.0471. The third-order valence-corrected chi connectivity index (χ3v) is 12.5. The van der Waals surface area contributed by atoms with E-state index in [4.69, 9.17) is 52.1 Å². The molecule has 10 rings (SSSR count). The average Bonchev–Trinajstić information content (AvgIpc) is 3.88. The first-order valence-electron chi connectivity index (χ1n) is 25.3. The third-order valence-electron chi connectivity index (χ3n) is 12.5. The number of rotatable bonds is 22. The highest BCUT2D eigenvalue weighted by Crippen LogP contribution is 2.49. The first kappa shape index (κ1) is 50.6. The molecule has 386 valence electrons. The van der Waals surface area contributed by atoms with Crippen LogP contribution >= 0.6 is 0 Å². The predicted molar refractivity (Wildman–Crippen MR) is 282 cm³/mol. The Bertz CT molecular complexity index is 3140. The lowest BCUT2D eigenvalue weighted by molar-refractivity contribution is -0.174. The fourth-order valence-corrected chi connectivity index (χ4v) is 8.62. The number of carbonyl (C=O) groups excluding carboxylic acids is 2. The highest BCUT2D eigenvalue weighted by atomic mass is 16.9. The second-order valence-corrected chi connectivity index (χ2v) is 17.9. The topological polar surface area (TPSA) is 136 Å². The van der Waals surface area contributed by atoms with Crippen LogP contribution < -0.4 is 42.6 Å². The van der Waals surface area contributed by atoms with Gasteiger partial charge in [0.15, 0.2) is 29.1 Å². The van der Waals surface area contributed by atoms with Gasteiger partial charge in [-0.3, -0.25) is 4.79 Å². The number of carbonyl (C=O) groups is 2. The molecule has 76 heavy (non-hydrogen) atoms. The second-order valence-electron chi connectivity index (χ2n) is 17.9. The van der Waals surface area contributed by atoms with Crippen molar-refractivity contribution in [3.63, 3.8) is 0 Å². The zero-order valence-corrected chi connectivity index (χ0v) is 42.1. The number of fused-ring (bicyclic) bond motifs is 2. The van der Waals surface area contributed by atoms with Crippen molar-refractivity contribution in [3.8, 4) is 51.7 Å². The van der Waals surface area contributed by atoms with Crippen LogP contribution in [0.15, 0.2) is 188 Å². The Morgan fingerprint density at radius 1 is 0.500 bits per heavy atom. The first-order chi connectivity index (χ1) is 37.3. The van der Waals surface area contributed by atoms with Crippen molar-refractivity contribution in [1.82, 2.24) is 0 Å². The van der Waals surface area contributed by atoms with Gasteiger partial charge in [-0.1, -0.05) is 159 Å². The van der Waals surface area contributed by atoms with Crippen LogP contribution in [-0.4, -0.2) is 31.1 Å². The number of benzene rings is 8. The van der Waals surface area contributed by atoms with Crippen LogP contribution in [0.5, 0.6) is 51.7 Å². The maximum Gasteiger partial charge on any atom is 0.361 e. The van der Waals surface area contributed by atoms with Crippen LogP contribution in [0.3, 0.4) is 0 Å². The third kappa shape index (κ3) is 12.7. The summed E-state index contributed by atoms with van der Waals surface area (Å²) in [6.07, 6.45) is -1.84. The highest BCUT2D eigenvalue weighted by Gasteiger charge is 2.39. The fourth-order valence-electron chi connectivity index (χ4n) is 8.62. The van der Waals surface area contributed by atoms with Gasteiger partial charge < -0.3 is 52.1 Å². The van der Waals surface area contributed by atoms with Crippen LogP contribution in [0.4, 0.5) is 0 Å². The van der Waals surface area contributed by atoms with Gasteiger partial charge in [-0.15, -0.1) is 0 Å². The van der Waals surface area contributed by atoms with Gasteiger partial charge >= 0.3 is 18.4 Å². The van der Waals surface area contributed by atoms with Gasteiger partial charge in [0.05, 0.1) is 12.2 Å². The molecule has 1 unspecified atom stereocenters. The Morgan fingerprint density at radius 3 is 1.51 bits per heavy atom. The summed E-state index contributed by atoms with van der Waals surface area (Å²) in [6, 6.07) is 59.3. The molecule has 0 aliphatic carbocycles. The SMILES string of the molecule is CCOC1Oc2cc(C(=O)O[C@@H]3Cc4c(OCc5ccccc5)cc(OCc5ccccc5)cc4O[C@@H]3c3cc(OCc4ccccc4)c(OCc4ccccc4)c(OCc4ccccc4)c3)cc(OC(=O)CC)c2O1. The molecule has 13 heteroatoms. The Morgan fingerprint density at radius 2 is 1.00 bits per heavy atom. The van der Waals surface area contributed by atoms with Gasteiger partial charge in [-0.2, -0.15) is 0 Å². The van der Waals surface area contributed by atoms with Crippen LogP contribution in [0, 0.1) is 0 Å². The van der Waals surface area contributed by atoms with Gasteiger partial charge in [0.1, 0.15) is 56.4 Å². The summed E-state index contributed by atoms with van der Waals surface area (Å²) in [5.74, 6) is 1.47. The Kier molecular flexibility index (Phi) is 16.2. The van der Waals surface area contributed by atoms with Crippen molar-refractivity contribution in [2.45, 2.75) is 78.4 Å². The summed E-state index contributed by atoms with van der Waals surface area (Å²) >= 11 is 0. The molecule has 0 spiro atoms. The minimum absolute atomic E-state index is 0.0218. The fraction of sp³-hybridized carbons (Fsp3) is 0.206. The summed E-state index contributed by atoms with van der Waals surface area (Å²) in [5.41, 5.74) is 5.92. The summed E-state index contributed by atoms with van der Waals surface area (Å²) in [6.45, 7) is 3.73. The van der Waals surface area contributed by atoms with E-state index in [9.17, 15) is 9.59 Å². The lowest BCUT2D eigenvalue weighted by Gasteiger charge is -2.35. The van der Waals surface area contributed by atoms with E-state index in [2.05, 4.69) is 0 Å². The minimum atomic E-state index is -1.12. The monoisotopic (exact) mass is 1020 g/mol. The zero-order valence-electron chi connectivity index (χ0n) is 42.1. The molecule has 8 aromatic rings. The van der Waals surface area contributed by atoms with E-state index in [-0.39, 0.29) is 75.3 Å². The molecule has 0 bridgehead atoms. The number of hydrogen-bond donors (Lipinski definition) is 0. The van der Waals surface area contributed by atoms with Crippen molar-refractivity contribution in [2.75, 3.05) is 6.61 Å². The Balaban J connectivity index is 1.08. The molecule has 3 atom stereocenters. The first-order valence-corrected chi connectivity index (χ1v) is 25.3. The number of ether oxygens (including phenoxy) is 11. The van der Waals surface area contributed by atoms with E-state index in [1.807, 2.05) is 176 Å². The molecule has 0 fully saturated rings. The number of esters is 2. The summed E-state index contributed by atoms with van der Waals surface area (Å²) in [5, 5.41) is 0. The van der Waals surface area contributed by atoms with Crippen molar-refractivity contribution < 1.29 is 61.7 Å². The summed E-state index contributed by atoms with van der Waals surface area (Å²) in [4.78, 5) is 27.6. The number of hydrogen-bond acceptors (Lipinski definition) is 13. The zero-order chi connectivity index (χ0) is 52.1. The van der Waals surface area contributed by atoms with Crippen molar-refractivity contribution in [3.05, 3.63) is 233 Å².